The van der Waals surface area contributed by atoms with E-state index in [-0.39, 0.29) is 22.8 Å². The quantitative estimate of drug-likeness (QED) is 0.824. The molecule has 0 aliphatic carbocycles. The first kappa shape index (κ1) is 19.4. The maximum Gasteiger partial charge on any atom is 0.252 e. The Balaban J connectivity index is 1.88. The fourth-order valence-corrected chi connectivity index (χ4v) is 4.72. The van der Waals surface area contributed by atoms with Crippen LogP contribution in [0, 0.1) is 13.8 Å². The van der Waals surface area contributed by atoms with E-state index in [0.717, 1.165) is 29.5 Å². The van der Waals surface area contributed by atoms with Crippen LogP contribution in [0.4, 0.5) is 0 Å². The van der Waals surface area contributed by atoms with Gasteiger partial charge in [-0.15, -0.1) is 0 Å². The van der Waals surface area contributed by atoms with Gasteiger partial charge in [0, 0.05) is 13.1 Å². The Labute approximate surface area is 160 Å². The molecule has 0 unspecified atom stereocenters. The number of benzene rings is 2. The minimum atomic E-state index is -3.62. The van der Waals surface area contributed by atoms with E-state index in [4.69, 9.17) is 10.5 Å². The van der Waals surface area contributed by atoms with Crippen molar-refractivity contribution in [1.29, 1.82) is 0 Å². The van der Waals surface area contributed by atoms with Gasteiger partial charge >= 0.3 is 0 Å². The summed E-state index contributed by atoms with van der Waals surface area (Å²) in [7, 11) is -3.62. The largest absolute Gasteiger partial charge is 0.488 e. The van der Waals surface area contributed by atoms with Crippen LogP contribution < -0.4 is 10.5 Å². The van der Waals surface area contributed by atoms with Crippen LogP contribution in [0.2, 0.25) is 0 Å². The van der Waals surface area contributed by atoms with Gasteiger partial charge in [0.25, 0.3) is 5.91 Å². The van der Waals surface area contributed by atoms with E-state index in [1.807, 2.05) is 32.0 Å². The molecule has 0 bridgehead atoms. The number of ether oxygens (including phenoxy) is 1. The monoisotopic (exact) mass is 388 g/mol. The van der Waals surface area contributed by atoms with Gasteiger partial charge in [-0.3, -0.25) is 4.79 Å². The average Bonchev–Trinajstić information content (AvgIpc) is 3.17. The molecule has 1 aliphatic heterocycles. The minimum Gasteiger partial charge on any atom is -0.488 e. The lowest BCUT2D eigenvalue weighted by Gasteiger charge is -2.17. The van der Waals surface area contributed by atoms with E-state index in [1.54, 1.807) is 0 Å². The van der Waals surface area contributed by atoms with Crippen LogP contribution in [0.1, 0.15) is 39.9 Å². The lowest BCUT2D eigenvalue weighted by molar-refractivity contribution is 0.0995. The molecule has 1 saturated heterocycles. The van der Waals surface area contributed by atoms with Crippen molar-refractivity contribution in [3.8, 4) is 5.75 Å². The Morgan fingerprint density at radius 2 is 1.81 bits per heavy atom. The molecule has 0 atom stereocenters. The number of aryl methyl sites for hydroxylation is 2. The Morgan fingerprint density at radius 3 is 2.48 bits per heavy atom. The van der Waals surface area contributed by atoms with Crippen molar-refractivity contribution >= 4 is 15.9 Å². The lowest BCUT2D eigenvalue weighted by atomic mass is 10.1. The zero-order valence-electron chi connectivity index (χ0n) is 15.6. The van der Waals surface area contributed by atoms with E-state index in [1.165, 1.54) is 22.5 Å². The molecule has 6 nitrogen and oxygen atoms in total. The molecular formula is C20H24N2O4S. The number of amides is 1. The number of nitrogens with two attached hydrogens (primary N) is 1. The highest BCUT2D eigenvalue weighted by Gasteiger charge is 2.28. The van der Waals surface area contributed by atoms with Crippen molar-refractivity contribution in [3.63, 3.8) is 0 Å². The van der Waals surface area contributed by atoms with Gasteiger partial charge in [-0.05, 0) is 56.0 Å². The Hall–Kier alpha value is -2.38. The number of rotatable bonds is 6. The summed E-state index contributed by atoms with van der Waals surface area (Å²) in [6, 6.07) is 10.3. The van der Waals surface area contributed by atoms with Crippen molar-refractivity contribution in [2.75, 3.05) is 13.1 Å². The van der Waals surface area contributed by atoms with E-state index >= 15 is 0 Å². The highest BCUT2D eigenvalue weighted by molar-refractivity contribution is 7.89. The predicted molar refractivity (Wildman–Crippen MR) is 103 cm³/mol. The summed E-state index contributed by atoms with van der Waals surface area (Å²) < 4.78 is 32.7. The molecule has 0 radical (unpaired) electrons. The van der Waals surface area contributed by atoms with Gasteiger partial charge in [0.15, 0.2) is 0 Å². The smallest absolute Gasteiger partial charge is 0.252 e. The second-order valence-electron chi connectivity index (χ2n) is 6.85. The highest BCUT2D eigenvalue weighted by Crippen LogP contribution is 2.27. The molecule has 27 heavy (non-hydrogen) atoms. The normalized spacial score (nSPS) is 15.0. The number of carbonyl (C=O) groups excluding carboxylic acids is 1. The molecule has 2 aromatic rings. The third kappa shape index (κ3) is 4.14. The average molecular weight is 388 g/mol. The predicted octanol–water partition coefficient (Wildman–Crippen LogP) is 2.77. The summed E-state index contributed by atoms with van der Waals surface area (Å²) in [6.45, 7) is 5.25. The van der Waals surface area contributed by atoms with E-state index < -0.39 is 15.9 Å². The highest BCUT2D eigenvalue weighted by atomic mass is 32.2. The van der Waals surface area contributed by atoms with Crippen molar-refractivity contribution in [2.45, 2.75) is 38.2 Å². The molecule has 3 rings (SSSR count). The van der Waals surface area contributed by atoms with Crippen LogP contribution in [0.25, 0.3) is 0 Å². The number of primary amides is 1. The summed E-state index contributed by atoms with van der Waals surface area (Å²) in [5.74, 6) is -0.437. The first-order chi connectivity index (χ1) is 12.8. The topological polar surface area (TPSA) is 89.7 Å². The zero-order chi connectivity index (χ0) is 19.6. The molecular weight excluding hydrogens is 364 g/mol. The van der Waals surface area contributed by atoms with Crippen LogP contribution in [0.3, 0.4) is 0 Å². The van der Waals surface area contributed by atoms with Crippen LogP contribution in [0.15, 0.2) is 41.3 Å². The van der Waals surface area contributed by atoms with Crippen molar-refractivity contribution in [2.24, 2.45) is 5.73 Å². The number of sulfonamides is 1. The lowest BCUT2D eigenvalue weighted by Crippen LogP contribution is -2.28. The fourth-order valence-electron chi connectivity index (χ4n) is 3.18. The first-order valence-electron chi connectivity index (χ1n) is 8.92. The van der Waals surface area contributed by atoms with Gasteiger partial charge in [0.05, 0.1) is 10.5 Å². The number of carbonyl (C=O) groups is 1. The van der Waals surface area contributed by atoms with Crippen molar-refractivity contribution in [1.82, 2.24) is 4.31 Å². The number of hydrogen-bond donors (Lipinski definition) is 1. The third-order valence-electron chi connectivity index (χ3n) is 4.81. The SMILES string of the molecule is Cc1ccc(C)c(COc2ccc(S(=O)(=O)N3CCCC3)cc2C(N)=O)c1. The number of hydrogen-bond acceptors (Lipinski definition) is 4. The van der Waals surface area contributed by atoms with E-state index in [9.17, 15) is 13.2 Å². The second-order valence-corrected chi connectivity index (χ2v) is 8.79. The first-order valence-corrected chi connectivity index (χ1v) is 10.4. The van der Waals surface area contributed by atoms with Crippen LogP contribution >= 0.6 is 0 Å². The number of nitrogens with zero attached hydrogens (tertiary/aromatic N) is 1. The van der Waals surface area contributed by atoms with Gasteiger partial charge in [-0.25, -0.2) is 8.42 Å². The van der Waals surface area contributed by atoms with E-state index in [2.05, 4.69) is 0 Å². The van der Waals surface area contributed by atoms with Crippen LogP contribution in [-0.2, 0) is 16.6 Å². The van der Waals surface area contributed by atoms with Gasteiger partial charge in [0.2, 0.25) is 10.0 Å². The van der Waals surface area contributed by atoms with Gasteiger partial charge in [0.1, 0.15) is 12.4 Å². The molecule has 1 fully saturated rings. The van der Waals surface area contributed by atoms with Crippen molar-refractivity contribution in [3.05, 3.63) is 58.7 Å². The molecule has 0 aromatic heterocycles. The van der Waals surface area contributed by atoms with E-state index in [0.29, 0.717) is 13.1 Å². The maximum absolute atomic E-state index is 12.7. The molecule has 1 aliphatic rings. The molecule has 0 spiro atoms. The van der Waals surface area contributed by atoms with Crippen molar-refractivity contribution < 1.29 is 17.9 Å². The maximum atomic E-state index is 12.7. The fraction of sp³-hybridized carbons (Fsp3) is 0.350. The summed E-state index contributed by atoms with van der Waals surface area (Å²) in [5.41, 5.74) is 8.74. The molecule has 0 saturated carbocycles. The Kier molecular flexibility index (Phi) is 5.53. The summed E-state index contributed by atoms with van der Waals surface area (Å²) in [6.07, 6.45) is 1.69. The summed E-state index contributed by atoms with van der Waals surface area (Å²) in [4.78, 5) is 12.0. The molecule has 2 aromatic carbocycles. The standard InChI is InChI=1S/C20H24N2O4S/c1-14-5-6-15(2)16(11-14)13-26-19-8-7-17(12-18(19)20(21)23)27(24,25)22-9-3-4-10-22/h5-8,11-12H,3-4,9-10,13H2,1-2H3,(H2,21,23). The summed E-state index contributed by atoms with van der Waals surface area (Å²) >= 11 is 0. The molecule has 2 N–H and O–H groups in total. The molecule has 144 valence electrons. The van der Waals surface area contributed by atoms with Gasteiger partial charge in [-0.1, -0.05) is 23.8 Å². The minimum absolute atomic E-state index is 0.0669. The Bertz CT molecular complexity index is 964. The van der Waals surface area contributed by atoms with Crippen LogP contribution in [0.5, 0.6) is 5.75 Å². The zero-order valence-corrected chi connectivity index (χ0v) is 16.4. The third-order valence-corrected chi connectivity index (χ3v) is 6.70. The van der Waals surface area contributed by atoms with Gasteiger partial charge in [-0.2, -0.15) is 4.31 Å². The molecule has 7 heteroatoms. The van der Waals surface area contributed by atoms with Gasteiger partial charge < -0.3 is 10.5 Å². The molecule has 1 heterocycles. The molecule has 1 amide bonds. The Morgan fingerprint density at radius 1 is 1.11 bits per heavy atom. The second kappa shape index (κ2) is 7.70. The summed E-state index contributed by atoms with van der Waals surface area (Å²) in [5, 5.41) is 0. The van der Waals surface area contributed by atoms with Crippen LogP contribution in [-0.4, -0.2) is 31.7 Å².